The smallest absolute Gasteiger partial charge is 0.352 e. The number of nitrogens with one attached hydrogen (secondary N) is 1. The largest absolute Gasteiger partial charge is 0.477 e. The van der Waals surface area contributed by atoms with Gasteiger partial charge in [-0.3, -0.25) is 14.5 Å². The number of carbonyl (C=O) groups is 4. The highest BCUT2D eigenvalue weighted by Gasteiger charge is 2.54. The maximum absolute atomic E-state index is 13.1. The fourth-order valence-corrected chi connectivity index (χ4v) is 5.56. The van der Waals surface area contributed by atoms with Gasteiger partial charge in [0, 0.05) is 22.8 Å². The number of anilines is 1. The van der Waals surface area contributed by atoms with Gasteiger partial charge in [-0.25, -0.2) is 9.59 Å². The van der Waals surface area contributed by atoms with Crippen LogP contribution in [0.4, 0.5) is 6.01 Å². The van der Waals surface area contributed by atoms with Crippen LogP contribution in [0.1, 0.15) is 12.6 Å². The molecule has 0 saturated carbocycles. The molecule has 3 aromatic heterocycles. The minimum Gasteiger partial charge on any atom is -0.477 e. The molecule has 5 heterocycles. The summed E-state index contributed by atoms with van der Waals surface area (Å²) in [5, 5.41) is 16.4. The van der Waals surface area contributed by atoms with Gasteiger partial charge in [-0.1, -0.05) is 5.16 Å². The molecular formula is C24H23N6O9S+. The Morgan fingerprint density at radius 1 is 1.35 bits per heavy atom. The molecule has 2 atom stereocenters. The molecule has 0 spiro atoms. The van der Waals surface area contributed by atoms with Gasteiger partial charge in [-0.2, -0.15) is 9.55 Å². The van der Waals surface area contributed by atoms with Crippen LogP contribution in [-0.2, 0) is 35.3 Å². The van der Waals surface area contributed by atoms with Crippen molar-refractivity contribution < 1.29 is 47.3 Å². The van der Waals surface area contributed by atoms with E-state index in [-0.39, 0.29) is 30.6 Å². The molecule has 1 fully saturated rings. The first-order valence-electron chi connectivity index (χ1n) is 11.9. The molecule has 2 aliphatic heterocycles. The highest BCUT2D eigenvalue weighted by molar-refractivity contribution is 8.00. The number of carboxylic acid groups (broad SMARTS) is 1. The van der Waals surface area contributed by atoms with E-state index in [1.54, 1.807) is 30.1 Å². The van der Waals surface area contributed by atoms with E-state index in [0.29, 0.717) is 16.9 Å². The number of fused-ring (bicyclic) bond motifs is 2. The molecule has 1 unspecified atom stereocenters. The van der Waals surface area contributed by atoms with E-state index >= 15 is 0 Å². The molecule has 16 heteroatoms. The van der Waals surface area contributed by atoms with Crippen LogP contribution in [-0.4, -0.2) is 74.8 Å². The third kappa shape index (κ3) is 5.20. The number of nitrogens with two attached hydrogens (primary N) is 1. The Bertz CT molecular complexity index is 1560. The summed E-state index contributed by atoms with van der Waals surface area (Å²) in [5.74, 6) is -3.15. The van der Waals surface area contributed by atoms with E-state index in [4.69, 9.17) is 24.1 Å². The number of esters is 1. The summed E-state index contributed by atoms with van der Waals surface area (Å²) in [7, 11) is 0. The number of thioether (sulfide) groups is 1. The van der Waals surface area contributed by atoms with Gasteiger partial charge in [0.1, 0.15) is 29.1 Å². The fourth-order valence-electron chi connectivity index (χ4n) is 4.23. The Labute approximate surface area is 229 Å². The highest BCUT2D eigenvalue weighted by atomic mass is 32.2. The number of rotatable bonds is 10. The van der Waals surface area contributed by atoms with Crippen LogP contribution in [0.15, 0.2) is 62.3 Å². The summed E-state index contributed by atoms with van der Waals surface area (Å²) < 4.78 is 16.9. The van der Waals surface area contributed by atoms with E-state index in [1.807, 2.05) is 12.1 Å². The number of oxime groups is 1. The molecule has 2 amide bonds. The zero-order valence-electron chi connectivity index (χ0n) is 20.9. The van der Waals surface area contributed by atoms with Crippen LogP contribution in [0.2, 0.25) is 0 Å². The molecule has 5 rings (SSSR count). The first-order chi connectivity index (χ1) is 19.3. The van der Waals surface area contributed by atoms with Crippen molar-refractivity contribution >= 4 is 58.2 Å². The van der Waals surface area contributed by atoms with Crippen LogP contribution >= 0.6 is 11.8 Å². The topological polar surface area (TPSA) is 204 Å². The summed E-state index contributed by atoms with van der Waals surface area (Å²) in [4.78, 5) is 59.9. The number of β-lactam (4-membered cyclic amide) rings is 1. The second kappa shape index (κ2) is 11.1. The number of carbonyl (C=O) groups excluding carboxylic acids is 3. The number of furan rings is 1. The lowest BCUT2D eigenvalue weighted by Crippen LogP contribution is -2.71. The molecular weight excluding hydrogens is 548 g/mol. The Hall–Kier alpha value is -4.86. The van der Waals surface area contributed by atoms with E-state index in [9.17, 15) is 24.3 Å². The van der Waals surface area contributed by atoms with E-state index in [0.717, 1.165) is 16.5 Å². The van der Waals surface area contributed by atoms with Crippen molar-refractivity contribution in [2.24, 2.45) is 5.16 Å². The summed E-state index contributed by atoms with van der Waals surface area (Å²) in [6.07, 6.45) is 6.16. The second-order valence-electron chi connectivity index (χ2n) is 8.56. The van der Waals surface area contributed by atoms with Crippen LogP contribution in [0.5, 0.6) is 0 Å². The minimum atomic E-state index is -1.26. The maximum Gasteiger partial charge on any atom is 0.352 e. The Morgan fingerprint density at radius 2 is 2.17 bits per heavy atom. The number of pyridine rings is 1. The van der Waals surface area contributed by atoms with Gasteiger partial charge in [0.2, 0.25) is 12.8 Å². The number of aromatic nitrogens is 2. The van der Waals surface area contributed by atoms with Crippen LogP contribution < -0.4 is 15.6 Å². The molecule has 208 valence electrons. The van der Waals surface area contributed by atoms with Gasteiger partial charge in [-0.05, 0) is 13.0 Å². The predicted molar refractivity (Wildman–Crippen MR) is 136 cm³/mol. The summed E-state index contributed by atoms with van der Waals surface area (Å²) in [5.41, 5.74) is 6.03. The molecule has 4 N–H and O–H groups in total. The molecule has 0 aliphatic carbocycles. The molecule has 0 bridgehead atoms. The van der Waals surface area contributed by atoms with Crippen LogP contribution in [0.25, 0.3) is 11.0 Å². The van der Waals surface area contributed by atoms with Crippen molar-refractivity contribution in [1.29, 1.82) is 0 Å². The molecule has 1 saturated heterocycles. The number of nitrogen functional groups attached to an aromatic ring is 1. The van der Waals surface area contributed by atoms with E-state index in [1.165, 1.54) is 11.8 Å². The number of amides is 2. The van der Waals surface area contributed by atoms with Crippen molar-refractivity contribution in [3.05, 3.63) is 54.0 Å². The molecule has 0 aromatic carbocycles. The van der Waals surface area contributed by atoms with Crippen LogP contribution in [0, 0.1) is 0 Å². The zero-order valence-corrected chi connectivity index (χ0v) is 21.8. The predicted octanol–water partition coefficient (Wildman–Crippen LogP) is 0.0131. The highest BCUT2D eigenvalue weighted by Crippen LogP contribution is 2.40. The Balaban J connectivity index is 1.32. The first kappa shape index (κ1) is 26.7. The van der Waals surface area contributed by atoms with Gasteiger partial charge < -0.3 is 34.6 Å². The summed E-state index contributed by atoms with van der Waals surface area (Å²) in [6, 6.07) is 2.36. The number of hydrogen-bond acceptors (Lipinski definition) is 12. The lowest BCUT2D eigenvalue weighted by atomic mass is 10.0. The van der Waals surface area contributed by atoms with Gasteiger partial charge in [0.15, 0.2) is 24.0 Å². The molecule has 40 heavy (non-hydrogen) atoms. The molecule has 0 radical (unpaired) electrons. The fraction of sp³-hybridized carbons (Fsp3) is 0.292. The van der Waals surface area contributed by atoms with Crippen molar-refractivity contribution in [1.82, 2.24) is 15.2 Å². The first-order valence-corrected chi connectivity index (χ1v) is 13.0. The second-order valence-corrected chi connectivity index (χ2v) is 9.67. The molecule has 2 aliphatic rings. The number of carboxylic acids is 1. The number of hydrogen-bond donors (Lipinski definition) is 3. The Kier molecular flexibility index (Phi) is 7.41. The van der Waals surface area contributed by atoms with E-state index < -0.39 is 47.5 Å². The van der Waals surface area contributed by atoms with Crippen molar-refractivity contribution in [2.75, 3.05) is 24.7 Å². The maximum atomic E-state index is 13.1. The normalized spacial score (nSPS) is 18.8. The van der Waals surface area contributed by atoms with Crippen molar-refractivity contribution in [2.45, 2.75) is 24.9 Å². The lowest BCUT2D eigenvalue weighted by molar-refractivity contribution is -0.688. The number of oxazole rings is 1. The van der Waals surface area contributed by atoms with Gasteiger partial charge in [-0.15, -0.1) is 11.8 Å². The molecule has 15 nitrogen and oxygen atoms in total. The molecule has 3 aromatic rings. The average molecular weight is 572 g/mol. The van der Waals surface area contributed by atoms with Gasteiger partial charge in [0.25, 0.3) is 17.8 Å². The lowest BCUT2D eigenvalue weighted by Gasteiger charge is -2.49. The standard InChI is InChI=1S/C24H22N6O9S/c1-2-36-16(31)10-39-28-17(14-9-38-24(25)26-14)20(32)27-18-21(33)30-19(23(34)35)13(11-40-22(18)30)7-29-5-3-12-4-6-37-15(12)8-29/h3-6,8-9,18,22H,2,7,10-11H2,1H3,(H3-,25,26,27,32,34,35)/p+1/t18?,22-/m0/s1. The monoisotopic (exact) mass is 571 g/mol. The van der Waals surface area contributed by atoms with Crippen LogP contribution in [0.3, 0.4) is 0 Å². The SMILES string of the molecule is CCOC(=O)CON=C(C(=O)NC1C(=O)N2C(C(=O)O)=C(C[n+]3ccc4ccoc4c3)CS[C@@H]12)c1coc(N)n1. The van der Waals surface area contributed by atoms with Gasteiger partial charge in [0.05, 0.1) is 12.9 Å². The third-order valence-electron chi connectivity index (χ3n) is 5.99. The minimum absolute atomic E-state index is 0.0993. The number of aliphatic carboxylic acids is 1. The summed E-state index contributed by atoms with van der Waals surface area (Å²) >= 11 is 1.31. The van der Waals surface area contributed by atoms with E-state index in [2.05, 4.69) is 15.5 Å². The zero-order chi connectivity index (χ0) is 28.4. The van der Waals surface area contributed by atoms with Crippen molar-refractivity contribution in [3.63, 3.8) is 0 Å². The van der Waals surface area contributed by atoms with Crippen molar-refractivity contribution in [3.8, 4) is 0 Å². The number of ether oxygens (including phenoxy) is 1. The van der Waals surface area contributed by atoms with Gasteiger partial charge >= 0.3 is 11.9 Å². The Morgan fingerprint density at radius 3 is 2.90 bits per heavy atom. The quantitative estimate of drug-likeness (QED) is 0.0968. The number of nitrogens with zero attached hydrogens (tertiary/aromatic N) is 4. The summed E-state index contributed by atoms with van der Waals surface area (Å²) in [6.45, 7) is 1.39. The average Bonchev–Trinajstić information content (AvgIpc) is 3.57. The third-order valence-corrected chi connectivity index (χ3v) is 7.33.